The highest BCUT2D eigenvalue weighted by molar-refractivity contribution is 6.24. The smallest absolute Gasteiger partial charge is 0.160 e. The van der Waals surface area contributed by atoms with Crippen LogP contribution in [0.1, 0.15) is 0 Å². The van der Waals surface area contributed by atoms with Gasteiger partial charge in [-0.05, 0) is 53.6 Å². The minimum Gasteiger partial charge on any atom is -0.308 e. The summed E-state index contributed by atoms with van der Waals surface area (Å²) < 4.78 is 4.72. The van der Waals surface area contributed by atoms with Gasteiger partial charge in [0.1, 0.15) is 5.65 Å². The number of rotatable bonds is 3. The van der Waals surface area contributed by atoms with Crippen molar-refractivity contribution < 1.29 is 0 Å². The summed E-state index contributed by atoms with van der Waals surface area (Å²) in [6, 6.07) is 58.2. The molecule has 12 aromatic rings. The Bertz CT molecular complexity index is 3400. The molecule has 52 heavy (non-hydrogen) atoms. The largest absolute Gasteiger partial charge is 0.308 e. The molecule has 5 heterocycles. The van der Waals surface area contributed by atoms with E-state index < -0.39 is 0 Å². The molecule has 5 heteroatoms. The van der Waals surface area contributed by atoms with E-state index in [4.69, 9.17) is 15.0 Å². The Hall–Kier alpha value is -7.11. The molecule has 0 saturated heterocycles. The first-order valence-electron chi connectivity index (χ1n) is 17.6. The summed E-state index contributed by atoms with van der Waals surface area (Å²) in [5.74, 6) is 0.693. The van der Waals surface area contributed by atoms with Crippen molar-refractivity contribution in [2.45, 2.75) is 0 Å². The topological polar surface area (TPSA) is 47.5 Å². The molecule has 0 amide bonds. The van der Waals surface area contributed by atoms with E-state index in [1.165, 1.54) is 38.1 Å². The predicted molar refractivity (Wildman–Crippen MR) is 214 cm³/mol. The summed E-state index contributed by atoms with van der Waals surface area (Å²) >= 11 is 0. The van der Waals surface area contributed by atoms with E-state index in [1.807, 2.05) is 30.3 Å². The van der Waals surface area contributed by atoms with Gasteiger partial charge in [0, 0.05) is 38.1 Å². The number of benzene rings is 7. The van der Waals surface area contributed by atoms with Crippen LogP contribution >= 0.6 is 0 Å². The molecule has 0 unspecified atom stereocenters. The molecular weight excluding hydrogens is 635 g/mol. The second kappa shape index (κ2) is 10.2. The van der Waals surface area contributed by atoms with Crippen LogP contribution in [0, 0.1) is 0 Å². The second-order valence-electron chi connectivity index (χ2n) is 13.6. The van der Waals surface area contributed by atoms with Crippen molar-refractivity contribution in [3.63, 3.8) is 0 Å². The lowest BCUT2D eigenvalue weighted by molar-refractivity contribution is 1.22. The third kappa shape index (κ3) is 3.69. The summed E-state index contributed by atoms with van der Waals surface area (Å²) in [7, 11) is 0. The van der Waals surface area contributed by atoms with Crippen molar-refractivity contribution in [3.05, 3.63) is 164 Å². The molecule has 0 saturated carbocycles. The average molecular weight is 662 g/mol. The van der Waals surface area contributed by atoms with E-state index in [1.54, 1.807) is 0 Å². The van der Waals surface area contributed by atoms with E-state index >= 15 is 0 Å². The normalized spacial score (nSPS) is 12.2. The lowest BCUT2D eigenvalue weighted by Crippen LogP contribution is -2.00. The Morgan fingerprint density at radius 2 is 0.962 bits per heavy atom. The summed E-state index contributed by atoms with van der Waals surface area (Å²) in [6.07, 6.45) is 0. The van der Waals surface area contributed by atoms with Gasteiger partial charge in [-0.15, -0.1) is 0 Å². The van der Waals surface area contributed by atoms with Crippen LogP contribution in [0.5, 0.6) is 0 Å². The minimum absolute atomic E-state index is 0.693. The Kier molecular flexibility index (Phi) is 5.44. The summed E-state index contributed by atoms with van der Waals surface area (Å²) in [5.41, 5.74) is 13.7. The molecular formula is C47H27N5. The maximum atomic E-state index is 5.38. The molecule has 0 fully saturated rings. The molecule has 7 aromatic carbocycles. The van der Waals surface area contributed by atoms with Crippen LogP contribution in [0.4, 0.5) is 0 Å². The predicted octanol–water partition coefficient (Wildman–Crippen LogP) is 11.7. The van der Waals surface area contributed by atoms with Gasteiger partial charge in [-0.25, -0.2) is 15.0 Å². The molecule has 0 N–H and O–H groups in total. The SMILES string of the molecule is c1ccc(-c2nc(-c3ccccc3)c3c(n2)c2cc(-c4ccc5c(c4)c4cccc6c7ccccc7n5c64)ccc2n2c4ccccc4nc32)cc1. The van der Waals surface area contributed by atoms with Crippen LogP contribution in [-0.2, 0) is 0 Å². The van der Waals surface area contributed by atoms with Gasteiger partial charge in [-0.3, -0.25) is 4.40 Å². The highest BCUT2D eigenvalue weighted by atomic mass is 15.0. The van der Waals surface area contributed by atoms with E-state index in [0.29, 0.717) is 5.82 Å². The third-order valence-electron chi connectivity index (χ3n) is 10.8. The molecule has 0 radical (unpaired) electrons. The Morgan fingerprint density at radius 1 is 0.365 bits per heavy atom. The molecule has 0 aliphatic heterocycles. The molecule has 0 spiro atoms. The van der Waals surface area contributed by atoms with Crippen LogP contribution < -0.4 is 0 Å². The van der Waals surface area contributed by atoms with Gasteiger partial charge in [-0.2, -0.15) is 0 Å². The number of pyridine rings is 1. The molecule has 0 bridgehead atoms. The van der Waals surface area contributed by atoms with Gasteiger partial charge in [-0.1, -0.05) is 121 Å². The van der Waals surface area contributed by atoms with Crippen LogP contribution in [-0.4, -0.2) is 23.8 Å². The molecule has 5 aromatic heterocycles. The Morgan fingerprint density at radius 3 is 1.75 bits per heavy atom. The lowest BCUT2D eigenvalue weighted by atomic mass is 9.98. The number of hydrogen-bond donors (Lipinski definition) is 0. The monoisotopic (exact) mass is 661 g/mol. The van der Waals surface area contributed by atoms with Crippen LogP contribution in [0.2, 0.25) is 0 Å². The average Bonchev–Trinajstić information content (AvgIpc) is 3.88. The molecule has 5 nitrogen and oxygen atoms in total. The second-order valence-corrected chi connectivity index (χ2v) is 13.6. The summed E-state index contributed by atoms with van der Waals surface area (Å²) in [5, 5.41) is 7.11. The zero-order valence-corrected chi connectivity index (χ0v) is 27.8. The van der Waals surface area contributed by atoms with Crippen LogP contribution in [0.15, 0.2) is 164 Å². The van der Waals surface area contributed by atoms with E-state index in [9.17, 15) is 0 Å². The van der Waals surface area contributed by atoms with E-state index in [-0.39, 0.29) is 0 Å². The molecule has 240 valence electrons. The van der Waals surface area contributed by atoms with E-state index in [2.05, 4.69) is 142 Å². The maximum Gasteiger partial charge on any atom is 0.160 e. The van der Waals surface area contributed by atoms with Crippen molar-refractivity contribution in [2.24, 2.45) is 0 Å². The van der Waals surface area contributed by atoms with Crippen LogP contribution in [0.3, 0.4) is 0 Å². The Balaban J connectivity index is 1.19. The van der Waals surface area contributed by atoms with Gasteiger partial charge in [0.15, 0.2) is 5.82 Å². The zero-order valence-electron chi connectivity index (χ0n) is 27.8. The third-order valence-corrected chi connectivity index (χ3v) is 10.8. The number of para-hydroxylation sites is 4. The molecule has 0 aliphatic carbocycles. The number of nitrogens with zero attached hydrogens (tertiary/aromatic N) is 5. The number of fused-ring (bicyclic) bond motifs is 14. The molecule has 12 rings (SSSR count). The van der Waals surface area contributed by atoms with Gasteiger partial charge in [0.25, 0.3) is 0 Å². The van der Waals surface area contributed by atoms with Crippen LogP contribution in [0.25, 0.3) is 110 Å². The van der Waals surface area contributed by atoms with Gasteiger partial charge in [0.2, 0.25) is 0 Å². The highest BCUT2D eigenvalue weighted by Gasteiger charge is 2.22. The zero-order chi connectivity index (χ0) is 33.9. The number of hydrogen-bond acceptors (Lipinski definition) is 3. The highest BCUT2D eigenvalue weighted by Crippen LogP contribution is 2.42. The Labute approximate surface area is 297 Å². The molecule has 0 aliphatic rings. The fourth-order valence-corrected chi connectivity index (χ4v) is 8.54. The quantitative estimate of drug-likeness (QED) is 0.177. The number of imidazole rings is 1. The first kappa shape index (κ1) is 27.7. The fraction of sp³-hybridized carbons (Fsp3) is 0. The van der Waals surface area contributed by atoms with Gasteiger partial charge in [0.05, 0.1) is 49.7 Å². The van der Waals surface area contributed by atoms with E-state index in [0.717, 1.165) is 66.4 Å². The standard InChI is InChI=1S/C47H27N5/c1-3-12-28(13-4-1)43-42-44(50-46(49-43)29-14-5-2-6-15-29)36-27-31(23-25-40(36)52-41-21-10-8-19-37(41)48-47(42)52)30-22-24-39-35(26-30)34-18-11-17-33-32-16-7-9-20-38(32)51(39)45(33)34/h1-27H. The van der Waals surface area contributed by atoms with Crippen molar-refractivity contribution in [1.29, 1.82) is 0 Å². The summed E-state index contributed by atoms with van der Waals surface area (Å²) in [6.45, 7) is 0. The first-order chi connectivity index (χ1) is 25.8. The number of aromatic nitrogens is 5. The first-order valence-corrected chi connectivity index (χ1v) is 17.6. The lowest BCUT2D eigenvalue weighted by Gasteiger charge is -2.15. The van der Waals surface area contributed by atoms with Crippen molar-refractivity contribution in [1.82, 2.24) is 23.8 Å². The van der Waals surface area contributed by atoms with Gasteiger partial charge < -0.3 is 4.40 Å². The van der Waals surface area contributed by atoms with Crippen molar-refractivity contribution in [3.8, 4) is 33.8 Å². The fourth-order valence-electron chi connectivity index (χ4n) is 8.54. The molecule has 0 atom stereocenters. The van der Waals surface area contributed by atoms with Crippen molar-refractivity contribution >= 4 is 76.6 Å². The van der Waals surface area contributed by atoms with Crippen molar-refractivity contribution in [2.75, 3.05) is 0 Å². The minimum atomic E-state index is 0.693. The summed E-state index contributed by atoms with van der Waals surface area (Å²) in [4.78, 5) is 15.9. The van der Waals surface area contributed by atoms with Gasteiger partial charge >= 0.3 is 0 Å². The maximum absolute atomic E-state index is 5.38.